The topological polar surface area (TPSA) is 58.1 Å². The second-order valence-electron chi connectivity index (χ2n) is 4.89. The van der Waals surface area contributed by atoms with E-state index in [-0.39, 0.29) is 16.0 Å². The minimum Gasteiger partial charge on any atom is -0.356 e. The summed E-state index contributed by atoms with van der Waals surface area (Å²) in [6.45, 7) is 6.03. The molecule has 1 aromatic rings. The Bertz CT molecular complexity index is 501. The molecule has 0 aromatic carbocycles. The molecule has 0 spiro atoms. The quantitative estimate of drug-likeness (QED) is 0.789. The Morgan fingerprint density at radius 2 is 2.12 bits per heavy atom. The normalized spacial score (nSPS) is 19.4. The van der Waals surface area contributed by atoms with E-state index in [0.717, 1.165) is 23.4 Å². The van der Waals surface area contributed by atoms with Crippen molar-refractivity contribution >= 4 is 17.6 Å². The van der Waals surface area contributed by atoms with Crippen molar-refractivity contribution in [3.63, 3.8) is 0 Å². The molecule has 1 fully saturated rings. The molecule has 2 rings (SSSR count). The van der Waals surface area contributed by atoms with Gasteiger partial charge in [-0.2, -0.15) is 11.8 Å². The molecule has 0 aliphatic carbocycles. The van der Waals surface area contributed by atoms with Crippen LogP contribution in [-0.4, -0.2) is 33.1 Å². The molecular formula is C11H17N3O2S. The molecule has 0 amide bonds. The monoisotopic (exact) mass is 255 g/mol. The highest BCUT2D eigenvalue weighted by molar-refractivity contribution is 8.00. The van der Waals surface area contributed by atoms with E-state index >= 15 is 0 Å². The van der Waals surface area contributed by atoms with Crippen LogP contribution in [0.25, 0.3) is 0 Å². The van der Waals surface area contributed by atoms with Crippen molar-refractivity contribution in [2.75, 3.05) is 23.7 Å². The lowest BCUT2D eigenvalue weighted by Crippen LogP contribution is -2.45. The summed E-state index contributed by atoms with van der Waals surface area (Å²) in [5.74, 6) is 1.64. The molecule has 5 nitrogen and oxygen atoms in total. The third-order valence-corrected chi connectivity index (χ3v) is 4.19. The number of H-pyrrole nitrogens is 1. The molecule has 1 aromatic heterocycles. The number of thioether (sulfide) groups is 1. The van der Waals surface area contributed by atoms with E-state index < -0.39 is 0 Å². The maximum absolute atomic E-state index is 11.6. The lowest BCUT2D eigenvalue weighted by Gasteiger charge is -2.38. The Morgan fingerprint density at radius 3 is 2.71 bits per heavy atom. The lowest BCUT2D eigenvalue weighted by atomic mass is 10.2. The first kappa shape index (κ1) is 12.3. The fraction of sp³-hybridized carbons (Fsp3) is 0.636. The molecule has 17 heavy (non-hydrogen) atoms. The predicted molar refractivity (Wildman–Crippen MR) is 71.1 cm³/mol. The largest absolute Gasteiger partial charge is 0.356 e. The minimum atomic E-state index is -0.358. The number of hydrogen-bond acceptors (Lipinski definition) is 4. The zero-order valence-electron chi connectivity index (χ0n) is 10.3. The van der Waals surface area contributed by atoms with Crippen molar-refractivity contribution < 1.29 is 0 Å². The van der Waals surface area contributed by atoms with Crippen molar-refractivity contribution in [1.29, 1.82) is 0 Å². The SMILES string of the molecule is Cn1c(=O)cc(N2CCSC(C)(C)C2)[nH]c1=O. The maximum atomic E-state index is 11.6. The second-order valence-corrected chi connectivity index (χ2v) is 6.69. The van der Waals surface area contributed by atoms with Crippen molar-refractivity contribution in [1.82, 2.24) is 9.55 Å². The van der Waals surface area contributed by atoms with E-state index in [9.17, 15) is 9.59 Å². The summed E-state index contributed by atoms with van der Waals surface area (Å²) in [6.07, 6.45) is 0. The maximum Gasteiger partial charge on any atom is 0.329 e. The fourth-order valence-electron chi connectivity index (χ4n) is 1.94. The van der Waals surface area contributed by atoms with Crippen molar-refractivity contribution in [2.45, 2.75) is 18.6 Å². The van der Waals surface area contributed by atoms with Crippen LogP contribution in [0.4, 0.5) is 5.82 Å². The van der Waals surface area contributed by atoms with Gasteiger partial charge in [-0.3, -0.25) is 14.3 Å². The summed E-state index contributed by atoms with van der Waals surface area (Å²) in [4.78, 5) is 27.9. The number of hydrogen-bond donors (Lipinski definition) is 1. The van der Waals surface area contributed by atoms with Gasteiger partial charge in [-0.1, -0.05) is 0 Å². The second kappa shape index (κ2) is 4.25. The van der Waals surface area contributed by atoms with Crippen LogP contribution >= 0.6 is 11.8 Å². The van der Waals surface area contributed by atoms with Crippen LogP contribution in [0.15, 0.2) is 15.7 Å². The zero-order valence-corrected chi connectivity index (χ0v) is 11.1. The van der Waals surface area contributed by atoms with Gasteiger partial charge in [-0.05, 0) is 13.8 Å². The van der Waals surface area contributed by atoms with Crippen molar-refractivity contribution in [2.24, 2.45) is 7.05 Å². The highest BCUT2D eigenvalue weighted by atomic mass is 32.2. The minimum absolute atomic E-state index is 0.149. The first-order chi connectivity index (χ1) is 7.89. The number of anilines is 1. The zero-order chi connectivity index (χ0) is 12.6. The van der Waals surface area contributed by atoms with Gasteiger partial charge in [-0.15, -0.1) is 0 Å². The van der Waals surface area contributed by atoms with Crippen LogP contribution in [0.2, 0.25) is 0 Å². The van der Waals surface area contributed by atoms with Crippen molar-refractivity contribution in [3.05, 3.63) is 26.9 Å². The van der Waals surface area contributed by atoms with Gasteiger partial charge in [0.25, 0.3) is 5.56 Å². The van der Waals surface area contributed by atoms with Gasteiger partial charge < -0.3 is 4.90 Å². The molecular weight excluding hydrogens is 238 g/mol. The lowest BCUT2D eigenvalue weighted by molar-refractivity contribution is 0.636. The Kier molecular flexibility index (Phi) is 3.07. The van der Waals surface area contributed by atoms with E-state index in [2.05, 4.69) is 23.7 Å². The standard InChI is InChI=1S/C11H17N3O2S/c1-11(2)7-14(4-5-17-11)8-6-9(15)13(3)10(16)12-8/h6H,4-5,7H2,1-3H3,(H,12,16). The number of nitrogens with one attached hydrogen (secondary N) is 1. The van der Waals surface area contributed by atoms with E-state index in [1.54, 1.807) is 0 Å². The molecule has 1 aliphatic rings. The van der Waals surface area contributed by atoms with Gasteiger partial charge in [0, 0.05) is 36.7 Å². The molecule has 0 unspecified atom stereocenters. The van der Waals surface area contributed by atoms with Crippen LogP contribution in [0, 0.1) is 0 Å². The van der Waals surface area contributed by atoms with E-state index in [4.69, 9.17) is 0 Å². The average molecular weight is 255 g/mol. The van der Waals surface area contributed by atoms with Gasteiger partial charge in [0.2, 0.25) is 0 Å². The number of rotatable bonds is 1. The molecule has 0 atom stereocenters. The molecule has 0 radical (unpaired) electrons. The van der Waals surface area contributed by atoms with E-state index in [1.807, 2.05) is 11.8 Å². The fourth-order valence-corrected chi connectivity index (χ4v) is 3.05. The van der Waals surface area contributed by atoms with Gasteiger partial charge >= 0.3 is 5.69 Å². The molecule has 1 N–H and O–H groups in total. The number of aromatic amines is 1. The molecule has 0 saturated carbocycles. The van der Waals surface area contributed by atoms with Crippen LogP contribution in [0.3, 0.4) is 0 Å². The number of nitrogens with zero attached hydrogens (tertiary/aromatic N) is 2. The first-order valence-electron chi connectivity index (χ1n) is 5.58. The summed E-state index contributed by atoms with van der Waals surface area (Å²) in [6, 6.07) is 1.49. The molecule has 94 valence electrons. The Balaban J connectivity index is 2.35. The van der Waals surface area contributed by atoms with Gasteiger partial charge in [0.15, 0.2) is 0 Å². The summed E-state index contributed by atoms with van der Waals surface area (Å²) in [5.41, 5.74) is -0.622. The Hall–Kier alpha value is -1.17. The third kappa shape index (κ3) is 2.57. The van der Waals surface area contributed by atoms with Crippen LogP contribution in [0.1, 0.15) is 13.8 Å². The Morgan fingerprint density at radius 1 is 1.41 bits per heavy atom. The van der Waals surface area contributed by atoms with Crippen LogP contribution < -0.4 is 16.1 Å². The first-order valence-corrected chi connectivity index (χ1v) is 6.57. The van der Waals surface area contributed by atoms with E-state index in [0.29, 0.717) is 5.82 Å². The Labute approximate surface area is 104 Å². The highest BCUT2D eigenvalue weighted by Crippen LogP contribution is 2.30. The van der Waals surface area contributed by atoms with Crippen LogP contribution in [0.5, 0.6) is 0 Å². The molecule has 1 saturated heterocycles. The van der Waals surface area contributed by atoms with Crippen molar-refractivity contribution in [3.8, 4) is 0 Å². The summed E-state index contributed by atoms with van der Waals surface area (Å²) >= 11 is 1.91. The van der Waals surface area contributed by atoms with Crippen LogP contribution in [-0.2, 0) is 7.05 Å². The van der Waals surface area contributed by atoms with Gasteiger partial charge in [0.05, 0.1) is 0 Å². The number of aromatic nitrogens is 2. The summed E-state index contributed by atoms with van der Waals surface area (Å²) in [7, 11) is 1.47. The summed E-state index contributed by atoms with van der Waals surface area (Å²) < 4.78 is 1.23. The molecule has 6 heteroatoms. The predicted octanol–water partition coefficient (Wildman–Crippen LogP) is 0.405. The molecule has 0 bridgehead atoms. The smallest absolute Gasteiger partial charge is 0.329 e. The highest BCUT2D eigenvalue weighted by Gasteiger charge is 2.27. The molecule has 2 heterocycles. The van der Waals surface area contributed by atoms with E-state index in [1.165, 1.54) is 13.1 Å². The molecule has 1 aliphatic heterocycles. The van der Waals surface area contributed by atoms with Gasteiger partial charge in [-0.25, -0.2) is 4.79 Å². The third-order valence-electron chi connectivity index (χ3n) is 2.90. The average Bonchev–Trinajstić information content (AvgIpc) is 2.23. The summed E-state index contributed by atoms with van der Waals surface area (Å²) in [5, 5.41) is 0. The van der Waals surface area contributed by atoms with Gasteiger partial charge in [0.1, 0.15) is 5.82 Å².